The molecule has 1 aliphatic rings. The Labute approximate surface area is 155 Å². The van der Waals surface area contributed by atoms with Crippen LogP contribution in [0.1, 0.15) is 18.0 Å². The van der Waals surface area contributed by atoms with Crippen molar-refractivity contribution in [2.45, 2.75) is 19.1 Å². The summed E-state index contributed by atoms with van der Waals surface area (Å²) >= 11 is 0. The van der Waals surface area contributed by atoms with Gasteiger partial charge >= 0.3 is 12.6 Å². The van der Waals surface area contributed by atoms with Crippen molar-refractivity contribution in [1.82, 2.24) is 10.2 Å². The zero-order valence-electron chi connectivity index (χ0n) is 14.4. The summed E-state index contributed by atoms with van der Waals surface area (Å²) < 4.78 is 28.7. The molecule has 2 aromatic carbocycles. The first-order valence-corrected chi connectivity index (χ1v) is 8.47. The Hall–Kier alpha value is -3.16. The van der Waals surface area contributed by atoms with E-state index in [9.17, 15) is 18.4 Å². The first-order chi connectivity index (χ1) is 13.0. The third-order valence-corrected chi connectivity index (χ3v) is 4.21. The highest BCUT2D eigenvalue weighted by atomic mass is 19.3. The van der Waals surface area contributed by atoms with E-state index >= 15 is 0 Å². The van der Waals surface area contributed by atoms with Crippen LogP contribution in [0, 0.1) is 0 Å². The molecule has 1 atom stereocenters. The van der Waals surface area contributed by atoms with Crippen LogP contribution in [0.15, 0.2) is 54.6 Å². The second kappa shape index (κ2) is 8.48. The van der Waals surface area contributed by atoms with Crippen LogP contribution < -0.4 is 15.4 Å². The summed E-state index contributed by atoms with van der Waals surface area (Å²) in [6.45, 7) is -2.19. The average molecular weight is 375 g/mol. The molecule has 0 saturated carbocycles. The number of anilines is 1. The Morgan fingerprint density at radius 3 is 2.52 bits per heavy atom. The van der Waals surface area contributed by atoms with Gasteiger partial charge in [-0.25, -0.2) is 4.79 Å². The van der Waals surface area contributed by atoms with Crippen LogP contribution in [0.5, 0.6) is 5.75 Å². The predicted octanol–water partition coefficient (Wildman–Crippen LogP) is 3.38. The quantitative estimate of drug-likeness (QED) is 0.861. The molecular formula is C19H19F2N3O3. The fourth-order valence-corrected chi connectivity index (χ4v) is 2.96. The topological polar surface area (TPSA) is 70.7 Å². The molecule has 0 aliphatic carbocycles. The third-order valence-electron chi connectivity index (χ3n) is 4.21. The van der Waals surface area contributed by atoms with E-state index in [2.05, 4.69) is 15.4 Å². The van der Waals surface area contributed by atoms with Crippen LogP contribution in [-0.4, -0.2) is 36.5 Å². The predicted molar refractivity (Wildman–Crippen MR) is 95.6 cm³/mol. The fourth-order valence-electron chi connectivity index (χ4n) is 2.96. The van der Waals surface area contributed by atoms with Crippen LogP contribution in [0.25, 0.3) is 0 Å². The Morgan fingerprint density at radius 1 is 1.15 bits per heavy atom. The van der Waals surface area contributed by atoms with Gasteiger partial charge in [0, 0.05) is 18.8 Å². The highest BCUT2D eigenvalue weighted by molar-refractivity contribution is 5.90. The van der Waals surface area contributed by atoms with Crippen molar-refractivity contribution in [2.75, 3.05) is 18.4 Å². The molecule has 1 saturated heterocycles. The first-order valence-electron chi connectivity index (χ1n) is 8.47. The van der Waals surface area contributed by atoms with Crippen LogP contribution in [-0.2, 0) is 4.79 Å². The number of amides is 3. The summed E-state index contributed by atoms with van der Waals surface area (Å²) in [6, 6.07) is 14.2. The van der Waals surface area contributed by atoms with Crippen LogP contribution in [0.4, 0.5) is 19.3 Å². The van der Waals surface area contributed by atoms with Gasteiger partial charge in [-0.05, 0) is 29.8 Å². The molecule has 3 amide bonds. The molecule has 6 nitrogen and oxygen atoms in total. The first kappa shape index (κ1) is 18.6. The van der Waals surface area contributed by atoms with Gasteiger partial charge in [0.25, 0.3) is 0 Å². The van der Waals surface area contributed by atoms with Gasteiger partial charge in [0.05, 0.1) is 12.5 Å². The Bertz CT molecular complexity index is 785. The van der Waals surface area contributed by atoms with Gasteiger partial charge in [0.2, 0.25) is 5.91 Å². The van der Waals surface area contributed by atoms with Gasteiger partial charge in [-0.3, -0.25) is 4.79 Å². The van der Waals surface area contributed by atoms with E-state index in [1.807, 2.05) is 30.3 Å². The average Bonchev–Trinajstić information content (AvgIpc) is 2.85. The summed E-state index contributed by atoms with van der Waals surface area (Å²) in [5.41, 5.74) is 1.31. The van der Waals surface area contributed by atoms with Crippen LogP contribution in [0.3, 0.4) is 0 Å². The SMILES string of the molecule is O=C1C[C@H](c2ccccc2)N(C(=O)Nc2ccc(OC(F)F)cc2)CCN1. The van der Waals surface area contributed by atoms with E-state index in [1.165, 1.54) is 24.3 Å². The second-order valence-corrected chi connectivity index (χ2v) is 6.01. The van der Waals surface area contributed by atoms with E-state index in [0.717, 1.165) is 5.56 Å². The molecule has 27 heavy (non-hydrogen) atoms. The third kappa shape index (κ3) is 4.93. The molecule has 2 N–H and O–H groups in total. The van der Waals surface area contributed by atoms with Gasteiger partial charge in [-0.2, -0.15) is 8.78 Å². The Balaban J connectivity index is 1.75. The molecule has 0 spiro atoms. The van der Waals surface area contributed by atoms with Crippen molar-refractivity contribution in [1.29, 1.82) is 0 Å². The van der Waals surface area contributed by atoms with Crippen molar-refractivity contribution in [3.05, 3.63) is 60.2 Å². The number of hydrogen-bond acceptors (Lipinski definition) is 3. The standard InChI is InChI=1S/C19H19F2N3O3/c20-18(21)27-15-8-6-14(7-9-15)23-19(26)24-11-10-22-17(25)12-16(24)13-4-2-1-3-5-13/h1-9,16,18H,10-12H2,(H,22,25)(H,23,26)/t16-/m1/s1. The highest BCUT2D eigenvalue weighted by Gasteiger charge is 2.29. The summed E-state index contributed by atoms with van der Waals surface area (Å²) in [7, 11) is 0. The zero-order chi connectivity index (χ0) is 19.2. The molecule has 8 heteroatoms. The minimum atomic E-state index is -2.90. The van der Waals surface area contributed by atoms with E-state index in [1.54, 1.807) is 4.90 Å². The van der Waals surface area contributed by atoms with Gasteiger partial charge in [0.1, 0.15) is 5.75 Å². The molecule has 0 radical (unpaired) electrons. The van der Waals surface area contributed by atoms with Gasteiger partial charge in [0.15, 0.2) is 0 Å². The summed E-state index contributed by atoms with van der Waals surface area (Å²) in [6.07, 6.45) is 0.165. The lowest BCUT2D eigenvalue weighted by Crippen LogP contribution is -2.39. The smallest absolute Gasteiger partial charge is 0.387 e. The lowest BCUT2D eigenvalue weighted by molar-refractivity contribution is -0.121. The molecule has 1 heterocycles. The summed E-state index contributed by atoms with van der Waals surface area (Å²) in [5.74, 6) is -0.109. The van der Waals surface area contributed by atoms with Gasteiger partial charge in [-0.15, -0.1) is 0 Å². The zero-order valence-corrected chi connectivity index (χ0v) is 14.4. The minimum Gasteiger partial charge on any atom is -0.435 e. The molecule has 1 aliphatic heterocycles. The maximum atomic E-state index is 12.8. The Kier molecular flexibility index (Phi) is 5.85. The monoisotopic (exact) mass is 375 g/mol. The van der Waals surface area contributed by atoms with E-state index in [0.29, 0.717) is 18.8 Å². The maximum Gasteiger partial charge on any atom is 0.387 e. The number of urea groups is 1. The number of halogens is 2. The van der Waals surface area contributed by atoms with Crippen molar-refractivity contribution < 1.29 is 23.1 Å². The van der Waals surface area contributed by atoms with E-state index in [4.69, 9.17) is 0 Å². The molecule has 0 aromatic heterocycles. The number of alkyl halides is 2. The number of hydrogen-bond donors (Lipinski definition) is 2. The number of ether oxygens (including phenoxy) is 1. The molecule has 0 unspecified atom stereocenters. The van der Waals surface area contributed by atoms with Crippen molar-refractivity contribution >= 4 is 17.6 Å². The lowest BCUT2D eigenvalue weighted by atomic mass is 10.0. The van der Waals surface area contributed by atoms with Crippen molar-refractivity contribution in [3.63, 3.8) is 0 Å². The molecule has 3 rings (SSSR count). The summed E-state index contributed by atoms with van der Waals surface area (Å²) in [4.78, 5) is 26.4. The van der Waals surface area contributed by atoms with Gasteiger partial charge in [-0.1, -0.05) is 30.3 Å². The fraction of sp³-hybridized carbons (Fsp3) is 0.263. The van der Waals surface area contributed by atoms with E-state index < -0.39 is 12.7 Å². The number of carbonyl (C=O) groups excluding carboxylic acids is 2. The number of rotatable bonds is 4. The van der Waals surface area contributed by atoms with E-state index in [-0.39, 0.29) is 24.1 Å². The Morgan fingerprint density at radius 2 is 1.85 bits per heavy atom. The van der Waals surface area contributed by atoms with Crippen molar-refractivity contribution in [3.8, 4) is 5.75 Å². The van der Waals surface area contributed by atoms with Crippen LogP contribution in [0.2, 0.25) is 0 Å². The second-order valence-electron chi connectivity index (χ2n) is 6.01. The van der Waals surface area contributed by atoms with Crippen molar-refractivity contribution in [2.24, 2.45) is 0 Å². The van der Waals surface area contributed by atoms with Gasteiger partial charge < -0.3 is 20.3 Å². The number of benzene rings is 2. The molecule has 1 fully saturated rings. The maximum absolute atomic E-state index is 12.8. The molecule has 2 aromatic rings. The summed E-state index contributed by atoms with van der Waals surface area (Å²) in [5, 5.41) is 5.51. The normalized spacial score (nSPS) is 17.2. The highest BCUT2D eigenvalue weighted by Crippen LogP contribution is 2.27. The number of carbonyl (C=O) groups is 2. The molecule has 142 valence electrons. The number of nitrogens with one attached hydrogen (secondary N) is 2. The molecule has 0 bridgehead atoms. The minimum absolute atomic E-state index is 0.00901. The largest absolute Gasteiger partial charge is 0.435 e. The van der Waals surface area contributed by atoms with Crippen LogP contribution >= 0.6 is 0 Å². The molecular weight excluding hydrogens is 356 g/mol. The lowest BCUT2D eigenvalue weighted by Gasteiger charge is -2.29. The number of nitrogens with zero attached hydrogens (tertiary/aromatic N) is 1.